The maximum Gasteiger partial charge on any atom is 0.339 e. The molecule has 18 heavy (non-hydrogen) atoms. The van der Waals surface area contributed by atoms with Crippen molar-refractivity contribution in [3.63, 3.8) is 0 Å². The molecule has 4 nitrogen and oxygen atoms in total. The van der Waals surface area contributed by atoms with Crippen LogP contribution in [0, 0.1) is 12.8 Å². The summed E-state index contributed by atoms with van der Waals surface area (Å²) in [6.45, 7) is 1.89. The van der Waals surface area contributed by atoms with Crippen LogP contribution >= 0.6 is 0 Å². The molecular formula is C14H17NO3. The maximum atomic E-state index is 11.9. The quantitative estimate of drug-likeness (QED) is 0.835. The van der Waals surface area contributed by atoms with Crippen molar-refractivity contribution in [2.24, 2.45) is 5.92 Å². The smallest absolute Gasteiger partial charge is 0.339 e. The van der Waals surface area contributed by atoms with Crippen molar-refractivity contribution in [1.29, 1.82) is 0 Å². The van der Waals surface area contributed by atoms with Crippen LogP contribution in [-0.4, -0.2) is 19.0 Å². The highest BCUT2D eigenvalue weighted by Crippen LogP contribution is 2.28. The lowest BCUT2D eigenvalue weighted by Crippen LogP contribution is -2.28. The van der Waals surface area contributed by atoms with Gasteiger partial charge in [0.1, 0.15) is 0 Å². The first-order chi connectivity index (χ1) is 8.61. The van der Waals surface area contributed by atoms with Gasteiger partial charge in [-0.2, -0.15) is 0 Å². The van der Waals surface area contributed by atoms with Crippen molar-refractivity contribution in [3.8, 4) is 0 Å². The van der Waals surface area contributed by atoms with Crippen LogP contribution in [0.4, 0.5) is 5.69 Å². The Hall–Kier alpha value is -1.84. The summed E-state index contributed by atoms with van der Waals surface area (Å²) in [5, 5.41) is 2.82. The number of nitrogens with one attached hydrogen (secondary N) is 1. The van der Waals surface area contributed by atoms with Gasteiger partial charge in [0, 0.05) is 5.92 Å². The van der Waals surface area contributed by atoms with Crippen LogP contribution in [0.25, 0.3) is 0 Å². The SMILES string of the molecule is COC(=O)c1cc(C)ccc1NC(=O)C1CCC1. The van der Waals surface area contributed by atoms with Gasteiger partial charge in [0.15, 0.2) is 0 Å². The second kappa shape index (κ2) is 5.21. The first kappa shape index (κ1) is 12.6. The predicted molar refractivity (Wildman–Crippen MR) is 68.5 cm³/mol. The molecule has 1 amide bonds. The maximum absolute atomic E-state index is 11.9. The molecule has 0 spiro atoms. The first-order valence-electron chi connectivity index (χ1n) is 6.11. The fourth-order valence-electron chi connectivity index (χ4n) is 1.95. The highest BCUT2D eigenvalue weighted by atomic mass is 16.5. The summed E-state index contributed by atoms with van der Waals surface area (Å²) in [4.78, 5) is 23.5. The van der Waals surface area contributed by atoms with E-state index in [1.165, 1.54) is 7.11 Å². The van der Waals surface area contributed by atoms with Gasteiger partial charge in [0.05, 0.1) is 18.4 Å². The highest BCUT2D eigenvalue weighted by Gasteiger charge is 2.26. The van der Waals surface area contributed by atoms with Crippen LogP contribution in [0.1, 0.15) is 35.2 Å². The fraction of sp³-hybridized carbons (Fsp3) is 0.429. The van der Waals surface area contributed by atoms with E-state index in [0.29, 0.717) is 11.3 Å². The lowest BCUT2D eigenvalue weighted by molar-refractivity contribution is -0.122. The van der Waals surface area contributed by atoms with Gasteiger partial charge in [0.2, 0.25) is 5.91 Å². The number of esters is 1. The number of aryl methyl sites for hydroxylation is 1. The zero-order valence-electron chi connectivity index (χ0n) is 10.7. The van der Waals surface area contributed by atoms with E-state index in [-0.39, 0.29) is 11.8 Å². The summed E-state index contributed by atoms with van der Waals surface area (Å²) in [7, 11) is 1.34. The number of carbonyl (C=O) groups excluding carboxylic acids is 2. The van der Waals surface area contributed by atoms with Crippen molar-refractivity contribution < 1.29 is 14.3 Å². The van der Waals surface area contributed by atoms with Crippen LogP contribution in [0.15, 0.2) is 18.2 Å². The Labute approximate surface area is 106 Å². The molecule has 1 aliphatic carbocycles. The van der Waals surface area contributed by atoms with E-state index >= 15 is 0 Å². The van der Waals surface area contributed by atoms with Gasteiger partial charge in [-0.3, -0.25) is 4.79 Å². The standard InChI is InChI=1S/C14H17NO3/c1-9-6-7-12(11(8-9)14(17)18-2)15-13(16)10-4-3-5-10/h6-8,10H,3-5H2,1-2H3,(H,15,16). The molecular weight excluding hydrogens is 230 g/mol. The molecule has 0 saturated heterocycles. The van der Waals surface area contributed by atoms with Crippen LogP contribution < -0.4 is 5.32 Å². The van der Waals surface area contributed by atoms with Crippen molar-refractivity contribution >= 4 is 17.6 Å². The minimum absolute atomic E-state index is 0.00439. The molecule has 0 bridgehead atoms. The van der Waals surface area contributed by atoms with Gasteiger partial charge in [-0.25, -0.2) is 4.79 Å². The number of hydrogen-bond donors (Lipinski definition) is 1. The molecule has 0 radical (unpaired) electrons. The molecule has 1 aromatic carbocycles. The van der Waals surface area contributed by atoms with Gasteiger partial charge in [-0.15, -0.1) is 0 Å². The van der Waals surface area contributed by atoms with Crippen molar-refractivity contribution in [3.05, 3.63) is 29.3 Å². The molecule has 0 aromatic heterocycles. The number of carbonyl (C=O) groups is 2. The Balaban J connectivity index is 2.20. The molecule has 2 rings (SSSR count). The molecule has 1 aromatic rings. The zero-order valence-corrected chi connectivity index (χ0v) is 10.7. The minimum atomic E-state index is -0.428. The monoisotopic (exact) mass is 247 g/mol. The summed E-state index contributed by atoms with van der Waals surface area (Å²) in [5.74, 6) is -0.338. The highest BCUT2D eigenvalue weighted by molar-refractivity contribution is 6.02. The molecule has 0 aliphatic heterocycles. The number of hydrogen-bond acceptors (Lipinski definition) is 3. The van der Waals surface area contributed by atoms with E-state index < -0.39 is 5.97 Å². The van der Waals surface area contributed by atoms with Crippen molar-refractivity contribution in [2.45, 2.75) is 26.2 Å². The Morgan fingerprint density at radius 1 is 1.33 bits per heavy atom. The van der Waals surface area contributed by atoms with Gasteiger partial charge >= 0.3 is 5.97 Å². The van der Waals surface area contributed by atoms with Gasteiger partial charge in [-0.1, -0.05) is 18.1 Å². The molecule has 4 heteroatoms. The summed E-state index contributed by atoms with van der Waals surface area (Å²) >= 11 is 0. The number of methoxy groups -OCH3 is 1. The van der Waals surface area contributed by atoms with E-state index in [9.17, 15) is 9.59 Å². The van der Waals surface area contributed by atoms with Gasteiger partial charge in [0.25, 0.3) is 0 Å². The predicted octanol–water partition coefficient (Wildman–Crippen LogP) is 2.52. The van der Waals surface area contributed by atoms with E-state index in [4.69, 9.17) is 4.74 Å². The van der Waals surface area contributed by atoms with Crippen LogP contribution in [0.2, 0.25) is 0 Å². The van der Waals surface area contributed by atoms with Gasteiger partial charge < -0.3 is 10.1 Å². The number of ether oxygens (including phenoxy) is 1. The first-order valence-corrected chi connectivity index (χ1v) is 6.11. The lowest BCUT2D eigenvalue weighted by Gasteiger charge is -2.24. The number of benzene rings is 1. The van der Waals surface area contributed by atoms with Crippen molar-refractivity contribution in [2.75, 3.05) is 12.4 Å². The number of rotatable bonds is 3. The van der Waals surface area contributed by atoms with Gasteiger partial charge in [-0.05, 0) is 31.9 Å². The second-order valence-corrected chi connectivity index (χ2v) is 4.66. The normalized spacial score (nSPS) is 14.8. The molecule has 0 heterocycles. The fourth-order valence-corrected chi connectivity index (χ4v) is 1.95. The van der Waals surface area contributed by atoms with Crippen LogP contribution in [0.5, 0.6) is 0 Å². The average Bonchev–Trinajstić information content (AvgIpc) is 2.28. The topological polar surface area (TPSA) is 55.4 Å². The molecule has 96 valence electrons. The summed E-state index contributed by atoms with van der Waals surface area (Å²) in [6.07, 6.45) is 2.98. The molecule has 1 N–H and O–H groups in total. The Kier molecular flexibility index (Phi) is 3.65. The van der Waals surface area contributed by atoms with E-state index in [1.807, 2.05) is 13.0 Å². The Morgan fingerprint density at radius 2 is 2.06 bits per heavy atom. The van der Waals surface area contributed by atoms with Crippen LogP contribution in [0.3, 0.4) is 0 Å². The van der Waals surface area contributed by atoms with E-state index in [0.717, 1.165) is 24.8 Å². The van der Waals surface area contributed by atoms with E-state index in [1.54, 1.807) is 12.1 Å². The third kappa shape index (κ3) is 2.53. The van der Waals surface area contributed by atoms with Crippen molar-refractivity contribution in [1.82, 2.24) is 0 Å². The third-order valence-electron chi connectivity index (χ3n) is 3.31. The Morgan fingerprint density at radius 3 is 2.61 bits per heavy atom. The summed E-state index contributed by atoms with van der Waals surface area (Å²) in [6, 6.07) is 5.34. The molecule has 0 atom stereocenters. The summed E-state index contributed by atoms with van der Waals surface area (Å²) in [5.41, 5.74) is 1.89. The Bertz CT molecular complexity index is 478. The number of amides is 1. The molecule has 1 aliphatic rings. The second-order valence-electron chi connectivity index (χ2n) is 4.66. The molecule has 1 saturated carbocycles. The third-order valence-corrected chi connectivity index (χ3v) is 3.31. The molecule has 0 unspecified atom stereocenters. The number of anilines is 1. The zero-order chi connectivity index (χ0) is 13.1. The lowest BCUT2D eigenvalue weighted by atomic mass is 9.85. The minimum Gasteiger partial charge on any atom is -0.465 e. The average molecular weight is 247 g/mol. The summed E-state index contributed by atoms with van der Waals surface area (Å²) < 4.78 is 4.72. The van der Waals surface area contributed by atoms with E-state index in [2.05, 4.69) is 5.32 Å². The molecule has 1 fully saturated rings. The largest absolute Gasteiger partial charge is 0.465 e. The van der Waals surface area contributed by atoms with Crippen LogP contribution in [-0.2, 0) is 9.53 Å².